The van der Waals surface area contributed by atoms with Crippen molar-refractivity contribution in [3.63, 3.8) is 0 Å². The zero-order chi connectivity index (χ0) is 12.2. The Morgan fingerprint density at radius 2 is 2.00 bits per heavy atom. The summed E-state index contributed by atoms with van der Waals surface area (Å²) in [6.07, 6.45) is 3.54. The number of nitrogens with zero attached hydrogens (tertiary/aromatic N) is 1. The van der Waals surface area contributed by atoms with Crippen LogP contribution in [0.5, 0.6) is 0 Å². The van der Waals surface area contributed by atoms with E-state index in [1.807, 2.05) is 0 Å². The van der Waals surface area contributed by atoms with Crippen molar-refractivity contribution in [2.24, 2.45) is 5.92 Å². The van der Waals surface area contributed by atoms with Gasteiger partial charge >= 0.3 is 0 Å². The van der Waals surface area contributed by atoms with Crippen LogP contribution < -0.4 is 0 Å². The summed E-state index contributed by atoms with van der Waals surface area (Å²) in [6, 6.07) is 0.277. The topological polar surface area (TPSA) is 37.4 Å². The zero-order valence-electron chi connectivity index (χ0n) is 10.2. The van der Waals surface area contributed by atoms with Gasteiger partial charge in [0.1, 0.15) is 0 Å². The van der Waals surface area contributed by atoms with Gasteiger partial charge in [-0.1, -0.05) is 13.8 Å². The van der Waals surface area contributed by atoms with Gasteiger partial charge in [-0.2, -0.15) is 4.31 Å². The molecule has 1 rings (SSSR count). The molecule has 0 spiro atoms. The Kier molecular flexibility index (Phi) is 5.54. The van der Waals surface area contributed by atoms with Crippen molar-refractivity contribution in [1.29, 1.82) is 0 Å². The molecule has 0 atom stereocenters. The first kappa shape index (κ1) is 14.3. The predicted octanol–water partition coefficient (Wildman–Crippen LogP) is 2.46. The van der Waals surface area contributed by atoms with Crippen LogP contribution in [0.1, 0.15) is 39.5 Å². The maximum Gasteiger partial charge on any atom is 0.214 e. The SMILES string of the molecule is CC(C)CCN(C1CC1)S(=O)(=O)CCCCl. The monoisotopic (exact) mass is 267 g/mol. The first-order valence-corrected chi connectivity index (χ1v) is 8.17. The maximum absolute atomic E-state index is 12.1. The number of rotatable bonds is 8. The normalized spacial score (nSPS) is 17.3. The summed E-state index contributed by atoms with van der Waals surface area (Å²) >= 11 is 5.55. The highest BCUT2D eigenvalue weighted by molar-refractivity contribution is 7.89. The molecule has 0 aliphatic heterocycles. The molecular formula is C11H22ClNO2S. The molecule has 0 radical (unpaired) electrons. The molecule has 0 heterocycles. The summed E-state index contributed by atoms with van der Waals surface area (Å²) in [5.41, 5.74) is 0. The van der Waals surface area contributed by atoms with Crippen LogP contribution in [0.15, 0.2) is 0 Å². The molecule has 3 nitrogen and oxygen atoms in total. The Morgan fingerprint density at radius 1 is 1.38 bits per heavy atom. The fourth-order valence-corrected chi connectivity index (χ4v) is 3.74. The van der Waals surface area contributed by atoms with E-state index in [0.29, 0.717) is 24.8 Å². The molecule has 0 unspecified atom stereocenters. The number of alkyl halides is 1. The number of hydrogen-bond acceptors (Lipinski definition) is 2. The smallest absolute Gasteiger partial charge is 0.212 e. The number of sulfonamides is 1. The lowest BCUT2D eigenvalue weighted by atomic mass is 10.1. The zero-order valence-corrected chi connectivity index (χ0v) is 11.7. The third-order valence-electron chi connectivity index (χ3n) is 2.77. The van der Waals surface area contributed by atoms with Crippen molar-refractivity contribution in [2.75, 3.05) is 18.2 Å². The molecule has 0 bridgehead atoms. The lowest BCUT2D eigenvalue weighted by molar-refractivity contribution is 0.373. The van der Waals surface area contributed by atoms with Gasteiger partial charge in [0.05, 0.1) is 5.75 Å². The second kappa shape index (κ2) is 6.22. The van der Waals surface area contributed by atoms with Crippen molar-refractivity contribution in [2.45, 2.75) is 45.6 Å². The summed E-state index contributed by atoms with van der Waals surface area (Å²) < 4.78 is 25.8. The standard InChI is InChI=1S/C11H22ClNO2S/c1-10(2)6-8-13(11-4-5-11)16(14,15)9-3-7-12/h10-11H,3-9H2,1-2H3. The van der Waals surface area contributed by atoms with Crippen LogP contribution in [0.2, 0.25) is 0 Å². The minimum absolute atomic E-state index is 0.199. The minimum atomic E-state index is -3.07. The second-order valence-corrected chi connectivity index (χ2v) is 7.30. The van der Waals surface area contributed by atoms with Crippen LogP contribution in [0.3, 0.4) is 0 Å². The highest BCUT2D eigenvalue weighted by Crippen LogP contribution is 2.30. The summed E-state index contributed by atoms with van der Waals surface area (Å²) in [6.45, 7) is 4.92. The average molecular weight is 268 g/mol. The summed E-state index contributed by atoms with van der Waals surface area (Å²) in [4.78, 5) is 0. The first-order chi connectivity index (χ1) is 7.47. The Morgan fingerprint density at radius 3 is 2.44 bits per heavy atom. The van der Waals surface area contributed by atoms with Crippen molar-refractivity contribution >= 4 is 21.6 Å². The molecule has 0 aromatic rings. The van der Waals surface area contributed by atoms with Gasteiger partial charge in [-0.25, -0.2) is 8.42 Å². The van der Waals surface area contributed by atoms with E-state index in [4.69, 9.17) is 11.6 Å². The van der Waals surface area contributed by atoms with Crippen LogP contribution >= 0.6 is 11.6 Å². The van der Waals surface area contributed by atoms with Crippen molar-refractivity contribution < 1.29 is 8.42 Å². The summed E-state index contributed by atoms with van der Waals surface area (Å²) in [7, 11) is -3.07. The van der Waals surface area contributed by atoms with E-state index in [-0.39, 0.29) is 11.8 Å². The second-order valence-electron chi connectivity index (χ2n) is 4.88. The quantitative estimate of drug-likeness (QED) is 0.634. The Bertz CT molecular complexity index is 299. The number of hydrogen-bond donors (Lipinski definition) is 0. The van der Waals surface area contributed by atoms with E-state index in [1.54, 1.807) is 4.31 Å². The van der Waals surface area contributed by atoms with Crippen molar-refractivity contribution in [3.05, 3.63) is 0 Å². The maximum atomic E-state index is 12.1. The van der Waals surface area contributed by atoms with Crippen molar-refractivity contribution in [1.82, 2.24) is 4.31 Å². The third kappa shape index (κ3) is 4.60. The van der Waals surface area contributed by atoms with Gasteiger partial charge in [-0.05, 0) is 31.6 Å². The Balaban J connectivity index is 2.54. The molecule has 5 heteroatoms. The molecule has 0 aromatic heterocycles. The third-order valence-corrected chi connectivity index (χ3v) is 5.04. The molecule has 0 N–H and O–H groups in total. The van der Waals surface area contributed by atoms with Crippen LogP contribution in [-0.4, -0.2) is 36.9 Å². The van der Waals surface area contributed by atoms with Crippen LogP contribution in [0.25, 0.3) is 0 Å². The number of halogens is 1. The molecule has 96 valence electrons. The fraction of sp³-hybridized carbons (Fsp3) is 1.00. The van der Waals surface area contributed by atoms with Crippen LogP contribution in [0.4, 0.5) is 0 Å². The molecule has 0 amide bonds. The molecule has 0 saturated heterocycles. The minimum Gasteiger partial charge on any atom is -0.212 e. The summed E-state index contributed by atoms with van der Waals surface area (Å²) in [5, 5.41) is 0. The van der Waals surface area contributed by atoms with Gasteiger partial charge < -0.3 is 0 Å². The lowest BCUT2D eigenvalue weighted by Crippen LogP contribution is -2.36. The van der Waals surface area contributed by atoms with Gasteiger partial charge in [0.15, 0.2) is 0 Å². The van der Waals surface area contributed by atoms with Gasteiger partial charge in [-0.15, -0.1) is 11.6 Å². The lowest BCUT2D eigenvalue weighted by Gasteiger charge is -2.22. The largest absolute Gasteiger partial charge is 0.214 e. The highest BCUT2D eigenvalue weighted by atomic mass is 35.5. The van der Waals surface area contributed by atoms with Gasteiger partial charge in [0.25, 0.3) is 0 Å². The molecule has 1 aliphatic rings. The molecule has 16 heavy (non-hydrogen) atoms. The van der Waals surface area contributed by atoms with Crippen LogP contribution in [0, 0.1) is 5.92 Å². The van der Waals surface area contributed by atoms with Gasteiger partial charge in [0, 0.05) is 18.5 Å². The fourth-order valence-electron chi connectivity index (χ4n) is 1.65. The highest BCUT2D eigenvalue weighted by Gasteiger charge is 2.36. The van der Waals surface area contributed by atoms with E-state index in [9.17, 15) is 8.42 Å². The van der Waals surface area contributed by atoms with E-state index < -0.39 is 10.0 Å². The van der Waals surface area contributed by atoms with E-state index in [2.05, 4.69) is 13.8 Å². The summed E-state index contributed by atoms with van der Waals surface area (Å²) in [5.74, 6) is 1.16. The Labute approximate surface area is 104 Å². The molecule has 0 aromatic carbocycles. The van der Waals surface area contributed by atoms with Gasteiger partial charge in [-0.3, -0.25) is 0 Å². The van der Waals surface area contributed by atoms with Crippen LogP contribution in [-0.2, 0) is 10.0 Å². The van der Waals surface area contributed by atoms with Crippen molar-refractivity contribution in [3.8, 4) is 0 Å². The average Bonchev–Trinajstić information content (AvgIpc) is 2.98. The van der Waals surface area contributed by atoms with E-state index >= 15 is 0 Å². The predicted molar refractivity (Wildman–Crippen MR) is 68.3 cm³/mol. The van der Waals surface area contributed by atoms with E-state index in [1.165, 1.54) is 0 Å². The first-order valence-electron chi connectivity index (χ1n) is 6.03. The molecule has 1 saturated carbocycles. The molecular weight excluding hydrogens is 246 g/mol. The Hall–Kier alpha value is 0.200. The molecule has 1 fully saturated rings. The van der Waals surface area contributed by atoms with E-state index in [0.717, 1.165) is 19.3 Å². The van der Waals surface area contributed by atoms with Gasteiger partial charge in [0.2, 0.25) is 10.0 Å². The molecule has 1 aliphatic carbocycles.